The molecule has 2 aromatic carbocycles. The van der Waals surface area contributed by atoms with Crippen LogP contribution in [-0.4, -0.2) is 64.4 Å². The normalized spacial score (nSPS) is 14.9. The lowest BCUT2D eigenvalue weighted by molar-refractivity contribution is 0.116. The maximum Gasteiger partial charge on any atom is 0.172 e. The zero-order chi connectivity index (χ0) is 24.9. The summed E-state index contributed by atoms with van der Waals surface area (Å²) in [5, 5.41) is 5.80. The van der Waals surface area contributed by atoms with Crippen molar-refractivity contribution in [1.29, 1.82) is 0 Å². The highest BCUT2D eigenvalue weighted by atomic mass is 35.5. The van der Waals surface area contributed by atoms with Crippen molar-refractivity contribution in [1.82, 2.24) is 24.4 Å². The fourth-order valence-electron chi connectivity index (χ4n) is 4.21. The number of imidazole rings is 1. The Morgan fingerprint density at radius 2 is 2.00 bits per heavy atom. The molecule has 2 aromatic heterocycles. The predicted molar refractivity (Wildman–Crippen MR) is 144 cm³/mol. The summed E-state index contributed by atoms with van der Waals surface area (Å²) in [4.78, 5) is 16.7. The molecule has 0 aliphatic carbocycles. The first-order valence-electron chi connectivity index (χ1n) is 11.9. The number of hydrogen-bond acceptors (Lipinski definition) is 8. The molecule has 8 nitrogen and oxygen atoms in total. The summed E-state index contributed by atoms with van der Waals surface area (Å²) < 4.78 is 13.7. The second-order valence-electron chi connectivity index (χ2n) is 8.76. The Bertz CT molecular complexity index is 1320. The van der Waals surface area contributed by atoms with Crippen LogP contribution in [0.5, 0.6) is 5.75 Å². The highest BCUT2D eigenvalue weighted by Crippen LogP contribution is 2.37. The lowest BCUT2D eigenvalue weighted by Gasteiger charge is -2.29. The maximum absolute atomic E-state index is 6.68. The molecule has 0 atom stereocenters. The van der Waals surface area contributed by atoms with E-state index in [1.54, 1.807) is 19.6 Å². The highest BCUT2D eigenvalue weighted by Gasteiger charge is 2.20. The fourth-order valence-corrected chi connectivity index (χ4v) is 5.38. The van der Waals surface area contributed by atoms with E-state index in [0.717, 1.165) is 64.9 Å². The number of nitrogens with one attached hydrogen (secondary N) is 1. The van der Waals surface area contributed by atoms with Crippen molar-refractivity contribution in [2.45, 2.75) is 35.5 Å². The Balaban J connectivity index is 1.36. The Morgan fingerprint density at radius 1 is 1.14 bits per heavy atom. The van der Waals surface area contributed by atoms with Gasteiger partial charge in [0.05, 0.1) is 22.5 Å². The third kappa shape index (κ3) is 5.75. The van der Waals surface area contributed by atoms with Crippen molar-refractivity contribution in [3.05, 3.63) is 60.1 Å². The summed E-state index contributed by atoms with van der Waals surface area (Å²) in [6.07, 6.45) is 7.48. The molecule has 1 fully saturated rings. The minimum Gasteiger partial charge on any atom is -0.489 e. The average molecular weight is 525 g/mol. The van der Waals surface area contributed by atoms with Gasteiger partial charge in [-0.05, 0) is 50.2 Å². The molecule has 0 spiro atoms. The van der Waals surface area contributed by atoms with Gasteiger partial charge in [0, 0.05) is 49.7 Å². The van der Waals surface area contributed by atoms with Crippen LogP contribution in [0.15, 0.2) is 65.2 Å². The van der Waals surface area contributed by atoms with Crippen molar-refractivity contribution in [2.24, 2.45) is 0 Å². The van der Waals surface area contributed by atoms with E-state index in [4.69, 9.17) is 21.1 Å². The van der Waals surface area contributed by atoms with E-state index in [1.165, 1.54) is 11.8 Å². The molecule has 5 rings (SSSR count). The van der Waals surface area contributed by atoms with E-state index in [0.29, 0.717) is 17.4 Å². The van der Waals surface area contributed by atoms with Crippen molar-refractivity contribution in [3.63, 3.8) is 0 Å². The van der Waals surface area contributed by atoms with Crippen molar-refractivity contribution >= 4 is 45.8 Å². The van der Waals surface area contributed by atoms with Crippen LogP contribution in [0.1, 0.15) is 12.8 Å². The first-order chi connectivity index (χ1) is 17.6. The molecule has 10 heteroatoms. The van der Waals surface area contributed by atoms with Crippen molar-refractivity contribution in [2.75, 3.05) is 39.2 Å². The van der Waals surface area contributed by atoms with E-state index < -0.39 is 0 Å². The van der Waals surface area contributed by atoms with Gasteiger partial charge in [-0.25, -0.2) is 15.0 Å². The zero-order valence-electron chi connectivity index (χ0n) is 20.4. The van der Waals surface area contributed by atoms with Crippen LogP contribution >= 0.6 is 23.4 Å². The monoisotopic (exact) mass is 524 g/mol. The molecular weight excluding hydrogens is 496 g/mol. The van der Waals surface area contributed by atoms with Crippen LogP contribution in [0.3, 0.4) is 0 Å². The summed E-state index contributed by atoms with van der Waals surface area (Å²) in [5.74, 6) is 1.49. The summed E-state index contributed by atoms with van der Waals surface area (Å²) in [6, 6.07) is 11.8. The molecule has 0 saturated carbocycles. The Kier molecular flexibility index (Phi) is 7.91. The molecule has 0 unspecified atom stereocenters. The van der Waals surface area contributed by atoms with Gasteiger partial charge in [-0.2, -0.15) is 0 Å². The number of benzene rings is 2. The van der Waals surface area contributed by atoms with Gasteiger partial charge in [-0.3, -0.25) is 0 Å². The number of ether oxygens (including phenoxy) is 2. The summed E-state index contributed by atoms with van der Waals surface area (Å²) in [6.45, 7) is 3.43. The molecule has 4 aromatic rings. The Morgan fingerprint density at radius 3 is 2.81 bits per heavy atom. The molecule has 0 amide bonds. The predicted octanol–water partition coefficient (Wildman–Crippen LogP) is 5.49. The number of fused-ring (bicyclic) bond motifs is 1. The quantitative estimate of drug-likeness (QED) is 0.308. The number of methoxy groups -OCH3 is 1. The average Bonchev–Trinajstić information content (AvgIpc) is 3.33. The van der Waals surface area contributed by atoms with Crippen LogP contribution in [0.4, 0.5) is 11.5 Å². The third-order valence-corrected chi connectivity index (χ3v) is 7.72. The third-order valence-electron chi connectivity index (χ3n) is 6.19. The number of aromatic nitrogens is 4. The SMILES string of the molecule is COCCn1ccnc1Sc1ccc(Nc2ncnc3cccc(OC4CCN(C)CC4)c23)cc1Cl. The number of nitrogens with zero attached hydrogens (tertiary/aromatic N) is 5. The maximum atomic E-state index is 6.68. The number of halogens is 1. The molecule has 1 saturated heterocycles. The molecule has 0 radical (unpaired) electrons. The van der Waals surface area contributed by atoms with Gasteiger partial charge in [0.2, 0.25) is 0 Å². The van der Waals surface area contributed by atoms with E-state index in [2.05, 4.69) is 36.8 Å². The highest BCUT2D eigenvalue weighted by molar-refractivity contribution is 7.99. The number of anilines is 2. The van der Waals surface area contributed by atoms with Gasteiger partial charge in [0.25, 0.3) is 0 Å². The minimum absolute atomic E-state index is 0.182. The second kappa shape index (κ2) is 11.5. The van der Waals surface area contributed by atoms with Crippen LogP contribution in [0.25, 0.3) is 10.9 Å². The van der Waals surface area contributed by atoms with Gasteiger partial charge in [-0.15, -0.1) is 0 Å². The number of hydrogen-bond donors (Lipinski definition) is 1. The Hall–Kier alpha value is -2.85. The molecule has 1 aliphatic rings. The summed E-state index contributed by atoms with van der Waals surface area (Å²) >= 11 is 8.20. The zero-order valence-corrected chi connectivity index (χ0v) is 21.9. The molecule has 36 heavy (non-hydrogen) atoms. The molecule has 188 valence electrons. The van der Waals surface area contributed by atoms with Gasteiger partial charge >= 0.3 is 0 Å². The van der Waals surface area contributed by atoms with Crippen molar-refractivity contribution in [3.8, 4) is 5.75 Å². The van der Waals surface area contributed by atoms with E-state index in [9.17, 15) is 0 Å². The van der Waals surface area contributed by atoms with Gasteiger partial charge in [0.1, 0.15) is 24.0 Å². The van der Waals surface area contributed by atoms with E-state index >= 15 is 0 Å². The fraction of sp³-hybridized carbons (Fsp3) is 0.346. The van der Waals surface area contributed by atoms with Crippen LogP contribution < -0.4 is 10.1 Å². The summed E-state index contributed by atoms with van der Waals surface area (Å²) in [5.41, 5.74) is 1.67. The van der Waals surface area contributed by atoms with Crippen LogP contribution in [-0.2, 0) is 11.3 Å². The molecule has 3 heterocycles. The largest absolute Gasteiger partial charge is 0.489 e. The Labute approximate surface area is 220 Å². The standard InChI is InChI=1S/C26H29ClN6O2S/c1-32-11-8-19(9-12-32)35-22-5-3-4-21-24(22)25(30-17-29-21)31-18-6-7-23(20(27)16-18)36-26-28-10-13-33(26)14-15-34-2/h3-7,10,13,16-17,19H,8-9,11-12,14-15H2,1-2H3,(H,29,30,31). The lowest BCUT2D eigenvalue weighted by atomic mass is 10.1. The molecule has 1 N–H and O–H groups in total. The van der Waals surface area contributed by atoms with Gasteiger partial charge < -0.3 is 24.3 Å². The lowest BCUT2D eigenvalue weighted by Crippen LogP contribution is -2.35. The first kappa shape index (κ1) is 24.8. The van der Waals surface area contributed by atoms with Gasteiger partial charge in [-0.1, -0.05) is 29.4 Å². The van der Waals surface area contributed by atoms with E-state index in [1.807, 2.05) is 42.6 Å². The minimum atomic E-state index is 0.182. The van der Waals surface area contributed by atoms with Crippen molar-refractivity contribution < 1.29 is 9.47 Å². The smallest absolute Gasteiger partial charge is 0.172 e. The second-order valence-corrected chi connectivity index (χ2v) is 10.2. The first-order valence-corrected chi connectivity index (χ1v) is 13.1. The number of rotatable bonds is 9. The topological polar surface area (TPSA) is 77.3 Å². The molecule has 1 aliphatic heterocycles. The van der Waals surface area contributed by atoms with Crippen LogP contribution in [0, 0.1) is 0 Å². The molecular formula is C26H29ClN6O2S. The van der Waals surface area contributed by atoms with Gasteiger partial charge in [0.15, 0.2) is 5.16 Å². The van der Waals surface area contributed by atoms with Crippen LogP contribution in [0.2, 0.25) is 5.02 Å². The van der Waals surface area contributed by atoms with E-state index in [-0.39, 0.29) is 6.10 Å². The number of likely N-dealkylation sites (tertiary alicyclic amines) is 1. The summed E-state index contributed by atoms with van der Waals surface area (Å²) in [7, 11) is 3.84. The number of piperidine rings is 1. The molecule has 0 bridgehead atoms.